The van der Waals surface area contributed by atoms with E-state index < -0.39 is 0 Å². The van der Waals surface area contributed by atoms with Crippen LogP contribution >= 0.6 is 0 Å². The van der Waals surface area contributed by atoms with E-state index in [-0.39, 0.29) is 16.2 Å². The van der Waals surface area contributed by atoms with E-state index in [1.54, 1.807) is 0 Å². The van der Waals surface area contributed by atoms with Gasteiger partial charge in [0.2, 0.25) is 0 Å². The monoisotopic (exact) mass is 754 g/mol. The predicted octanol–water partition coefficient (Wildman–Crippen LogP) is 15.9. The molecule has 3 aliphatic rings. The summed E-state index contributed by atoms with van der Waals surface area (Å²) < 4.78 is 0. The molecule has 9 aromatic rings. The molecular weight excluding hydrogens is 709 g/mol. The molecule has 0 atom stereocenters. The first-order valence-electron chi connectivity index (χ1n) is 21.3. The molecule has 59 heavy (non-hydrogen) atoms. The summed E-state index contributed by atoms with van der Waals surface area (Å²) in [5, 5.41) is 5.17. The van der Waals surface area contributed by atoms with Crippen LogP contribution in [0.25, 0.3) is 88.3 Å². The molecule has 0 aromatic heterocycles. The number of fused-ring (bicyclic) bond motifs is 11. The van der Waals surface area contributed by atoms with Crippen molar-refractivity contribution < 1.29 is 0 Å². The van der Waals surface area contributed by atoms with Crippen LogP contribution in [-0.2, 0) is 16.2 Å². The van der Waals surface area contributed by atoms with Gasteiger partial charge in [-0.3, -0.25) is 0 Å². The summed E-state index contributed by atoms with van der Waals surface area (Å²) in [6, 6.07) is 64.6. The third-order valence-electron chi connectivity index (χ3n) is 14.7. The molecule has 0 saturated carbocycles. The average Bonchev–Trinajstić information content (AvgIpc) is 3.73. The van der Waals surface area contributed by atoms with Gasteiger partial charge < -0.3 is 0 Å². The van der Waals surface area contributed by atoms with Crippen LogP contribution in [-0.4, -0.2) is 0 Å². The standard InChI is InChI=1S/C59H46/c1-57(2)49-23-15-14-18-39(49)47-33-54-48(34-53(47)57)41-27-24-37(31-51(41)59(54,5)6)36-26-29-50-46(30-36)40-28-25-38(32-52(40)58(50,3)4)56-44-21-12-10-19-42(44)55(35-16-8-7-9-17-35)43-20-11-13-22-45(43)56/h7-34H,1-6H3. The van der Waals surface area contributed by atoms with Crippen molar-refractivity contribution in [2.75, 3.05) is 0 Å². The van der Waals surface area contributed by atoms with E-state index in [2.05, 4.69) is 211 Å². The van der Waals surface area contributed by atoms with E-state index in [4.69, 9.17) is 0 Å². The van der Waals surface area contributed by atoms with Crippen molar-refractivity contribution >= 4 is 21.5 Å². The first-order valence-corrected chi connectivity index (χ1v) is 21.3. The molecule has 0 heteroatoms. The van der Waals surface area contributed by atoms with E-state index in [0.717, 1.165) is 0 Å². The maximum atomic E-state index is 2.52. The van der Waals surface area contributed by atoms with Gasteiger partial charge in [-0.15, -0.1) is 0 Å². The van der Waals surface area contributed by atoms with Crippen molar-refractivity contribution in [2.45, 2.75) is 57.8 Å². The molecule has 0 N–H and O–H groups in total. The first-order chi connectivity index (χ1) is 28.5. The fourth-order valence-electron chi connectivity index (χ4n) is 11.6. The Hall–Kier alpha value is -6.50. The Bertz CT molecular complexity index is 3220. The summed E-state index contributed by atoms with van der Waals surface area (Å²) >= 11 is 0. The maximum Gasteiger partial charge on any atom is 0.0159 e. The van der Waals surface area contributed by atoms with Crippen molar-refractivity contribution in [1.82, 2.24) is 0 Å². The van der Waals surface area contributed by atoms with E-state index in [1.807, 2.05) is 0 Å². The lowest BCUT2D eigenvalue weighted by Gasteiger charge is -2.24. The summed E-state index contributed by atoms with van der Waals surface area (Å²) in [6.45, 7) is 14.4. The van der Waals surface area contributed by atoms with E-state index >= 15 is 0 Å². The van der Waals surface area contributed by atoms with E-state index in [9.17, 15) is 0 Å². The lowest BCUT2D eigenvalue weighted by Crippen LogP contribution is -2.17. The van der Waals surface area contributed by atoms with Gasteiger partial charge in [-0.2, -0.15) is 0 Å². The highest BCUT2D eigenvalue weighted by Gasteiger charge is 2.42. The van der Waals surface area contributed by atoms with Crippen LogP contribution in [0.1, 0.15) is 74.9 Å². The lowest BCUT2D eigenvalue weighted by molar-refractivity contribution is 0.652. The molecule has 0 nitrogen and oxygen atoms in total. The number of rotatable bonds is 3. The van der Waals surface area contributed by atoms with E-state index in [0.29, 0.717) is 0 Å². The Morgan fingerprint density at radius 3 is 1.20 bits per heavy atom. The van der Waals surface area contributed by atoms with Gasteiger partial charge in [-0.25, -0.2) is 0 Å². The van der Waals surface area contributed by atoms with Crippen molar-refractivity contribution in [3.63, 3.8) is 0 Å². The van der Waals surface area contributed by atoms with Gasteiger partial charge >= 0.3 is 0 Å². The normalized spacial score (nSPS) is 15.7. The van der Waals surface area contributed by atoms with Gasteiger partial charge in [-0.05, 0) is 152 Å². The third-order valence-corrected chi connectivity index (χ3v) is 14.7. The van der Waals surface area contributed by atoms with Crippen molar-refractivity contribution in [3.05, 3.63) is 203 Å². The number of hydrogen-bond acceptors (Lipinski definition) is 0. The Morgan fingerprint density at radius 2 is 0.610 bits per heavy atom. The molecule has 0 amide bonds. The molecule has 282 valence electrons. The zero-order valence-corrected chi connectivity index (χ0v) is 34.7. The second kappa shape index (κ2) is 11.8. The summed E-state index contributed by atoms with van der Waals surface area (Å²) in [5.41, 5.74) is 24.2. The molecule has 0 bridgehead atoms. The third kappa shape index (κ3) is 4.61. The summed E-state index contributed by atoms with van der Waals surface area (Å²) in [4.78, 5) is 0. The molecule has 0 saturated heterocycles. The Kier molecular flexibility index (Phi) is 6.91. The van der Waals surface area contributed by atoms with Crippen LogP contribution in [0.2, 0.25) is 0 Å². The average molecular weight is 755 g/mol. The van der Waals surface area contributed by atoms with Gasteiger partial charge in [0.15, 0.2) is 0 Å². The number of benzene rings is 9. The Morgan fingerprint density at radius 1 is 0.237 bits per heavy atom. The fourth-order valence-corrected chi connectivity index (χ4v) is 11.6. The smallest absolute Gasteiger partial charge is 0.0159 e. The summed E-state index contributed by atoms with van der Waals surface area (Å²) in [5.74, 6) is 0. The van der Waals surface area contributed by atoms with Crippen LogP contribution < -0.4 is 0 Å². The van der Waals surface area contributed by atoms with Crippen LogP contribution in [0.3, 0.4) is 0 Å². The minimum absolute atomic E-state index is 0.0163. The minimum Gasteiger partial charge on any atom is -0.0622 e. The molecule has 0 unspecified atom stereocenters. The highest BCUT2D eigenvalue weighted by molar-refractivity contribution is 6.21. The predicted molar refractivity (Wildman–Crippen MR) is 250 cm³/mol. The molecule has 0 fully saturated rings. The minimum atomic E-state index is -0.136. The summed E-state index contributed by atoms with van der Waals surface area (Å²) in [6.07, 6.45) is 0. The summed E-state index contributed by atoms with van der Waals surface area (Å²) in [7, 11) is 0. The van der Waals surface area contributed by atoms with E-state index in [1.165, 1.54) is 122 Å². The van der Waals surface area contributed by atoms with Crippen molar-refractivity contribution in [3.8, 4) is 66.8 Å². The van der Waals surface area contributed by atoms with Gasteiger partial charge in [0.05, 0.1) is 0 Å². The van der Waals surface area contributed by atoms with Crippen molar-refractivity contribution in [2.24, 2.45) is 0 Å². The van der Waals surface area contributed by atoms with Crippen LogP contribution in [0, 0.1) is 0 Å². The first kappa shape index (κ1) is 34.5. The highest BCUT2D eigenvalue weighted by Crippen LogP contribution is 2.57. The number of hydrogen-bond donors (Lipinski definition) is 0. The fraction of sp³-hybridized carbons (Fsp3) is 0.153. The zero-order valence-electron chi connectivity index (χ0n) is 34.7. The van der Waals surface area contributed by atoms with Crippen LogP contribution in [0.15, 0.2) is 170 Å². The molecule has 0 heterocycles. The van der Waals surface area contributed by atoms with Crippen LogP contribution in [0.5, 0.6) is 0 Å². The second-order valence-corrected chi connectivity index (χ2v) is 18.9. The quantitative estimate of drug-likeness (QED) is 0.158. The van der Waals surface area contributed by atoms with Gasteiger partial charge in [0, 0.05) is 16.2 Å². The zero-order chi connectivity index (χ0) is 40.0. The Labute approximate surface area is 347 Å². The van der Waals surface area contributed by atoms with Gasteiger partial charge in [-0.1, -0.05) is 181 Å². The van der Waals surface area contributed by atoms with Crippen molar-refractivity contribution in [1.29, 1.82) is 0 Å². The molecule has 3 aliphatic carbocycles. The molecule has 9 aromatic carbocycles. The largest absolute Gasteiger partial charge is 0.0622 e. The highest BCUT2D eigenvalue weighted by atomic mass is 14.4. The lowest BCUT2D eigenvalue weighted by atomic mass is 9.79. The molecular formula is C59H46. The topological polar surface area (TPSA) is 0 Å². The molecule has 12 rings (SSSR count). The van der Waals surface area contributed by atoms with Crippen LogP contribution in [0.4, 0.5) is 0 Å². The van der Waals surface area contributed by atoms with Gasteiger partial charge in [0.25, 0.3) is 0 Å². The Balaban J connectivity index is 0.965. The SMILES string of the molecule is CC1(C)c2ccc(-c3ccc4c(c3)C(C)(C)c3cc5c(cc3-4)C(C)(C)c3ccccc3-5)cc2-c2ccc(-c3c4ccccc4c(-c4ccccc4)c4ccccc34)cc21. The van der Waals surface area contributed by atoms with Gasteiger partial charge in [0.1, 0.15) is 0 Å². The molecule has 0 radical (unpaired) electrons. The maximum absolute atomic E-state index is 2.52. The second-order valence-electron chi connectivity index (χ2n) is 18.9. The molecule has 0 spiro atoms. The molecule has 0 aliphatic heterocycles.